The van der Waals surface area contributed by atoms with Crippen molar-refractivity contribution in [3.8, 4) is 0 Å². The van der Waals surface area contributed by atoms with E-state index in [9.17, 15) is 4.79 Å². The second kappa shape index (κ2) is 8.57. The molecule has 2 aromatic heterocycles. The predicted octanol–water partition coefficient (Wildman–Crippen LogP) is 2.14. The lowest BCUT2D eigenvalue weighted by Gasteiger charge is -2.08. The van der Waals surface area contributed by atoms with E-state index in [1.165, 1.54) is 18.1 Å². The van der Waals surface area contributed by atoms with Crippen LogP contribution < -0.4 is 5.32 Å². The fourth-order valence-electron chi connectivity index (χ4n) is 2.48. The summed E-state index contributed by atoms with van der Waals surface area (Å²) in [5.41, 5.74) is 3.97. The first-order chi connectivity index (χ1) is 12.6. The average Bonchev–Trinajstić information content (AvgIpc) is 3.11. The summed E-state index contributed by atoms with van der Waals surface area (Å²) in [4.78, 5) is 24.7. The third-order valence-electron chi connectivity index (χ3n) is 3.59. The molecule has 8 heteroatoms. The predicted molar refractivity (Wildman–Crippen MR) is 99.6 cm³/mol. The molecule has 3 rings (SSSR count). The quantitative estimate of drug-likeness (QED) is 0.508. The highest BCUT2D eigenvalue weighted by atomic mass is 32.2. The van der Waals surface area contributed by atoms with Crippen LogP contribution in [-0.2, 0) is 17.9 Å². The molecule has 0 aliphatic rings. The molecule has 0 radical (unpaired) electrons. The summed E-state index contributed by atoms with van der Waals surface area (Å²) in [6.07, 6.45) is 3.20. The third-order valence-corrected chi connectivity index (χ3v) is 4.43. The van der Waals surface area contributed by atoms with Gasteiger partial charge in [0.15, 0.2) is 5.16 Å². The van der Waals surface area contributed by atoms with Crippen LogP contribution in [0, 0.1) is 13.8 Å². The van der Waals surface area contributed by atoms with Gasteiger partial charge in [-0.25, -0.2) is 19.6 Å². The maximum atomic E-state index is 12.1. The number of carbonyl (C=O) groups excluding carboxylic acids is 1. The van der Waals surface area contributed by atoms with Crippen LogP contribution in [0.2, 0.25) is 0 Å². The van der Waals surface area contributed by atoms with E-state index in [0.29, 0.717) is 24.0 Å². The van der Waals surface area contributed by atoms with Crippen LogP contribution in [0.4, 0.5) is 0 Å². The molecule has 0 bridgehead atoms. The Hall–Kier alpha value is -2.74. The lowest BCUT2D eigenvalue weighted by atomic mass is 10.1. The van der Waals surface area contributed by atoms with Crippen molar-refractivity contribution in [2.45, 2.75) is 32.1 Å². The third kappa shape index (κ3) is 5.38. The van der Waals surface area contributed by atoms with Crippen molar-refractivity contribution in [1.82, 2.24) is 30.0 Å². The molecule has 0 aliphatic carbocycles. The molecular formula is C18H20N6OS. The number of hydrogen-bond donors (Lipinski definition) is 1. The Labute approximate surface area is 156 Å². The van der Waals surface area contributed by atoms with Gasteiger partial charge in [-0.1, -0.05) is 36.0 Å². The molecule has 3 aromatic rings. The van der Waals surface area contributed by atoms with E-state index in [1.807, 2.05) is 38.1 Å². The Morgan fingerprint density at radius 2 is 1.92 bits per heavy atom. The number of aryl methyl sites for hydroxylation is 2. The van der Waals surface area contributed by atoms with Gasteiger partial charge in [-0.2, -0.15) is 5.10 Å². The molecule has 0 atom stereocenters. The van der Waals surface area contributed by atoms with Crippen molar-refractivity contribution in [2.75, 3.05) is 5.75 Å². The number of hydrogen-bond acceptors (Lipinski definition) is 6. The molecule has 0 fully saturated rings. The normalized spacial score (nSPS) is 10.7. The van der Waals surface area contributed by atoms with Crippen LogP contribution in [0.15, 0.2) is 48.1 Å². The van der Waals surface area contributed by atoms with Gasteiger partial charge in [0.25, 0.3) is 0 Å². The largest absolute Gasteiger partial charge is 0.351 e. The van der Waals surface area contributed by atoms with Crippen LogP contribution in [0.25, 0.3) is 0 Å². The number of amides is 1. The minimum atomic E-state index is -0.0422. The van der Waals surface area contributed by atoms with Gasteiger partial charge in [-0.3, -0.25) is 4.79 Å². The zero-order valence-electron chi connectivity index (χ0n) is 14.7. The van der Waals surface area contributed by atoms with Crippen molar-refractivity contribution >= 4 is 17.7 Å². The van der Waals surface area contributed by atoms with Crippen molar-refractivity contribution in [1.29, 1.82) is 0 Å². The molecule has 134 valence electrons. The summed E-state index contributed by atoms with van der Waals surface area (Å²) in [7, 11) is 0. The number of benzene rings is 1. The zero-order valence-corrected chi connectivity index (χ0v) is 15.5. The second-order valence-electron chi connectivity index (χ2n) is 5.91. The summed E-state index contributed by atoms with van der Waals surface area (Å²) in [6.45, 7) is 4.98. The Bertz CT molecular complexity index is 861. The van der Waals surface area contributed by atoms with Crippen molar-refractivity contribution in [3.05, 3.63) is 65.5 Å². The van der Waals surface area contributed by atoms with Gasteiger partial charge in [0.2, 0.25) is 5.91 Å². The van der Waals surface area contributed by atoms with Gasteiger partial charge in [0.05, 0.1) is 12.3 Å². The number of rotatable bonds is 7. The number of nitrogens with zero attached hydrogens (tertiary/aromatic N) is 5. The Morgan fingerprint density at radius 3 is 2.65 bits per heavy atom. The fourth-order valence-corrected chi connectivity index (χ4v) is 3.26. The van der Waals surface area contributed by atoms with E-state index in [0.717, 1.165) is 22.5 Å². The Morgan fingerprint density at radius 1 is 1.15 bits per heavy atom. The lowest BCUT2D eigenvalue weighted by Crippen LogP contribution is -2.24. The molecular weight excluding hydrogens is 348 g/mol. The molecule has 1 amide bonds. The van der Waals surface area contributed by atoms with Crippen molar-refractivity contribution in [2.24, 2.45) is 0 Å². The Kier molecular flexibility index (Phi) is 5.96. The van der Waals surface area contributed by atoms with Crippen molar-refractivity contribution < 1.29 is 4.79 Å². The summed E-state index contributed by atoms with van der Waals surface area (Å²) < 4.78 is 1.76. The molecule has 0 unspecified atom stereocenters. The number of thioether (sulfide) groups is 1. The van der Waals surface area contributed by atoms with Crippen LogP contribution in [0.1, 0.15) is 22.5 Å². The zero-order chi connectivity index (χ0) is 18.4. The highest BCUT2D eigenvalue weighted by molar-refractivity contribution is 7.99. The standard InChI is InChI=1S/C18H20N6OS/c1-13-6-14(2)23-18(22-13)26-10-17(25)20-8-15-4-3-5-16(7-15)9-24-12-19-11-21-24/h3-7,11-12H,8-10H2,1-2H3,(H,20,25). The second-order valence-corrected chi connectivity index (χ2v) is 6.85. The molecule has 1 aromatic carbocycles. The first-order valence-electron chi connectivity index (χ1n) is 8.20. The maximum absolute atomic E-state index is 12.1. The molecule has 1 N–H and O–H groups in total. The molecule has 0 spiro atoms. The van der Waals surface area contributed by atoms with Gasteiger partial charge in [0, 0.05) is 17.9 Å². The van der Waals surface area contributed by atoms with Gasteiger partial charge in [-0.15, -0.1) is 0 Å². The number of aromatic nitrogens is 5. The van der Waals surface area contributed by atoms with Crippen LogP contribution in [0.3, 0.4) is 0 Å². The molecule has 7 nitrogen and oxygen atoms in total. The topological polar surface area (TPSA) is 85.6 Å². The van der Waals surface area contributed by atoms with E-state index in [1.54, 1.807) is 11.0 Å². The first kappa shape index (κ1) is 18.1. The van der Waals surface area contributed by atoms with Crippen LogP contribution >= 0.6 is 11.8 Å². The summed E-state index contributed by atoms with van der Waals surface area (Å²) in [5, 5.41) is 7.67. The minimum absolute atomic E-state index is 0.0422. The summed E-state index contributed by atoms with van der Waals surface area (Å²) in [5.74, 6) is 0.251. The molecule has 0 saturated heterocycles. The summed E-state index contributed by atoms with van der Waals surface area (Å²) >= 11 is 1.35. The fraction of sp³-hybridized carbons (Fsp3) is 0.278. The molecule has 0 aliphatic heterocycles. The average molecular weight is 368 g/mol. The Balaban J connectivity index is 1.49. The maximum Gasteiger partial charge on any atom is 0.230 e. The van der Waals surface area contributed by atoms with E-state index < -0.39 is 0 Å². The number of carbonyl (C=O) groups is 1. The number of nitrogens with one attached hydrogen (secondary N) is 1. The molecule has 0 saturated carbocycles. The van der Waals surface area contributed by atoms with Crippen molar-refractivity contribution in [3.63, 3.8) is 0 Å². The van der Waals surface area contributed by atoms with Gasteiger partial charge < -0.3 is 5.32 Å². The van der Waals surface area contributed by atoms with E-state index in [2.05, 4.69) is 31.4 Å². The van der Waals surface area contributed by atoms with E-state index in [4.69, 9.17) is 0 Å². The molecule has 2 heterocycles. The van der Waals surface area contributed by atoms with Gasteiger partial charge in [-0.05, 0) is 31.0 Å². The van der Waals surface area contributed by atoms with E-state index >= 15 is 0 Å². The SMILES string of the molecule is Cc1cc(C)nc(SCC(=O)NCc2cccc(Cn3cncn3)c2)n1. The minimum Gasteiger partial charge on any atom is -0.351 e. The van der Waals surface area contributed by atoms with E-state index in [-0.39, 0.29) is 5.91 Å². The lowest BCUT2D eigenvalue weighted by molar-refractivity contribution is -0.118. The first-order valence-corrected chi connectivity index (χ1v) is 9.19. The smallest absolute Gasteiger partial charge is 0.230 e. The van der Waals surface area contributed by atoms with Gasteiger partial charge >= 0.3 is 0 Å². The monoisotopic (exact) mass is 368 g/mol. The van der Waals surface area contributed by atoms with Crippen LogP contribution in [-0.4, -0.2) is 36.4 Å². The van der Waals surface area contributed by atoms with Crippen LogP contribution in [0.5, 0.6) is 0 Å². The summed E-state index contributed by atoms with van der Waals surface area (Å²) in [6, 6.07) is 9.97. The molecule has 26 heavy (non-hydrogen) atoms. The van der Waals surface area contributed by atoms with Gasteiger partial charge in [0.1, 0.15) is 12.7 Å². The highest BCUT2D eigenvalue weighted by Crippen LogP contribution is 2.14. The highest BCUT2D eigenvalue weighted by Gasteiger charge is 2.06.